The molecule has 1 aromatic heterocycles. The Hall–Kier alpha value is -1.77. The van der Waals surface area contributed by atoms with E-state index in [1.807, 2.05) is 12.4 Å². The molecule has 0 radical (unpaired) electrons. The summed E-state index contributed by atoms with van der Waals surface area (Å²) in [6.07, 6.45) is 5.82. The van der Waals surface area contributed by atoms with Crippen LogP contribution >= 0.6 is 0 Å². The van der Waals surface area contributed by atoms with Gasteiger partial charge in [0.25, 0.3) is 6.47 Å². The van der Waals surface area contributed by atoms with Gasteiger partial charge in [0.05, 0.1) is 19.3 Å². The van der Waals surface area contributed by atoms with Crippen LogP contribution in [0.5, 0.6) is 0 Å². The van der Waals surface area contributed by atoms with E-state index in [9.17, 15) is 5.11 Å². The molecule has 8 heteroatoms. The predicted molar refractivity (Wildman–Crippen MR) is 91.3 cm³/mol. The summed E-state index contributed by atoms with van der Waals surface area (Å²) in [4.78, 5) is 22.1. The molecule has 8 nitrogen and oxygen atoms in total. The van der Waals surface area contributed by atoms with E-state index in [0.29, 0.717) is 11.8 Å². The van der Waals surface area contributed by atoms with Crippen molar-refractivity contribution in [2.75, 3.05) is 44.3 Å². The highest BCUT2D eigenvalue weighted by atomic mass is 16.5. The third kappa shape index (κ3) is 4.65. The molecule has 2 saturated heterocycles. The van der Waals surface area contributed by atoms with Crippen LogP contribution in [0.1, 0.15) is 18.4 Å². The molecule has 3 aliphatic rings. The Labute approximate surface area is 147 Å². The van der Waals surface area contributed by atoms with Crippen LogP contribution in [0.15, 0.2) is 12.4 Å². The van der Waals surface area contributed by atoms with Gasteiger partial charge in [0.15, 0.2) is 0 Å². The SMILES string of the molecule is O=CO.OC1C[C@@H]2CN(Cc3cnc(N4CCOCC4)nc3)C[C@@H]2C1. The molecule has 1 unspecified atom stereocenters. The van der Waals surface area contributed by atoms with Crippen LogP contribution in [0.4, 0.5) is 5.95 Å². The first-order valence-corrected chi connectivity index (χ1v) is 8.81. The third-order valence-corrected chi connectivity index (χ3v) is 5.19. The van der Waals surface area contributed by atoms with Crippen molar-refractivity contribution in [1.29, 1.82) is 0 Å². The predicted octanol–water partition coefficient (Wildman–Crippen LogP) is 0.217. The van der Waals surface area contributed by atoms with Gasteiger partial charge in [-0.3, -0.25) is 9.69 Å². The maximum Gasteiger partial charge on any atom is 0.290 e. The lowest BCUT2D eigenvalue weighted by Gasteiger charge is -2.26. The average molecular weight is 350 g/mol. The fourth-order valence-electron chi connectivity index (χ4n) is 4.11. The van der Waals surface area contributed by atoms with Crippen LogP contribution in [0.2, 0.25) is 0 Å². The second-order valence-electron chi connectivity index (χ2n) is 6.94. The maximum absolute atomic E-state index is 9.71. The number of hydrogen-bond donors (Lipinski definition) is 2. The van der Waals surface area contributed by atoms with Gasteiger partial charge in [-0.1, -0.05) is 0 Å². The number of morpholine rings is 1. The summed E-state index contributed by atoms with van der Waals surface area (Å²) >= 11 is 0. The summed E-state index contributed by atoms with van der Waals surface area (Å²) in [6.45, 7) is 6.14. The molecule has 1 aromatic rings. The van der Waals surface area contributed by atoms with Crippen LogP contribution in [0, 0.1) is 11.8 Å². The number of carboxylic acid groups (broad SMARTS) is 1. The Balaban J connectivity index is 0.000000569. The summed E-state index contributed by atoms with van der Waals surface area (Å²) in [6, 6.07) is 0. The van der Waals surface area contributed by atoms with Crippen molar-refractivity contribution in [2.45, 2.75) is 25.5 Å². The number of rotatable bonds is 3. The number of aliphatic hydroxyl groups excluding tert-OH is 1. The molecule has 1 saturated carbocycles. The van der Waals surface area contributed by atoms with Gasteiger partial charge in [-0.05, 0) is 24.7 Å². The molecule has 2 aliphatic heterocycles. The Morgan fingerprint density at radius 2 is 1.72 bits per heavy atom. The van der Waals surface area contributed by atoms with Gasteiger partial charge in [-0.15, -0.1) is 0 Å². The van der Waals surface area contributed by atoms with Crippen molar-refractivity contribution in [2.24, 2.45) is 11.8 Å². The summed E-state index contributed by atoms with van der Waals surface area (Å²) in [5.41, 5.74) is 1.18. The van der Waals surface area contributed by atoms with E-state index in [1.165, 1.54) is 5.56 Å². The zero-order valence-electron chi connectivity index (χ0n) is 14.3. The van der Waals surface area contributed by atoms with E-state index in [0.717, 1.165) is 64.7 Å². The van der Waals surface area contributed by atoms with E-state index in [4.69, 9.17) is 14.6 Å². The lowest BCUT2D eigenvalue weighted by molar-refractivity contribution is -0.122. The first kappa shape index (κ1) is 18.0. The molecule has 0 bridgehead atoms. The quantitative estimate of drug-likeness (QED) is 0.747. The van der Waals surface area contributed by atoms with Crippen molar-refractivity contribution in [3.8, 4) is 0 Å². The van der Waals surface area contributed by atoms with Crippen molar-refractivity contribution in [3.63, 3.8) is 0 Å². The number of likely N-dealkylation sites (tertiary alicyclic amines) is 1. The molecular weight excluding hydrogens is 324 g/mol. The fourth-order valence-corrected chi connectivity index (χ4v) is 4.11. The van der Waals surface area contributed by atoms with E-state index < -0.39 is 0 Å². The smallest absolute Gasteiger partial charge is 0.290 e. The molecule has 138 valence electrons. The number of anilines is 1. The molecule has 3 fully saturated rings. The minimum absolute atomic E-state index is 0.0618. The number of hydrogen-bond acceptors (Lipinski definition) is 7. The molecule has 0 aromatic carbocycles. The topological polar surface area (TPSA) is 99.0 Å². The Morgan fingerprint density at radius 1 is 1.16 bits per heavy atom. The van der Waals surface area contributed by atoms with Crippen LogP contribution < -0.4 is 4.90 Å². The molecule has 25 heavy (non-hydrogen) atoms. The highest BCUT2D eigenvalue weighted by Crippen LogP contribution is 2.38. The van der Waals surface area contributed by atoms with Gasteiger partial charge in [-0.2, -0.15) is 0 Å². The molecule has 4 rings (SSSR count). The highest BCUT2D eigenvalue weighted by molar-refractivity contribution is 5.32. The monoisotopic (exact) mass is 350 g/mol. The zero-order chi connectivity index (χ0) is 17.6. The minimum Gasteiger partial charge on any atom is -0.483 e. The number of nitrogens with zero attached hydrogens (tertiary/aromatic N) is 4. The van der Waals surface area contributed by atoms with Crippen LogP contribution in [-0.2, 0) is 16.1 Å². The number of ether oxygens (including phenoxy) is 1. The number of fused-ring (bicyclic) bond motifs is 1. The molecule has 1 aliphatic carbocycles. The van der Waals surface area contributed by atoms with E-state index in [1.54, 1.807) is 0 Å². The average Bonchev–Trinajstić information content (AvgIpc) is 3.13. The molecule has 0 spiro atoms. The lowest BCUT2D eigenvalue weighted by Crippen LogP contribution is -2.37. The van der Waals surface area contributed by atoms with Crippen molar-refractivity contribution >= 4 is 12.4 Å². The second-order valence-corrected chi connectivity index (χ2v) is 6.94. The maximum atomic E-state index is 9.71. The van der Waals surface area contributed by atoms with Crippen molar-refractivity contribution < 1.29 is 19.7 Å². The van der Waals surface area contributed by atoms with Crippen molar-refractivity contribution in [1.82, 2.24) is 14.9 Å². The normalized spacial score (nSPS) is 29.0. The van der Waals surface area contributed by atoms with Gasteiger partial charge < -0.3 is 19.8 Å². The van der Waals surface area contributed by atoms with Crippen LogP contribution in [-0.4, -0.2) is 77.0 Å². The third-order valence-electron chi connectivity index (χ3n) is 5.19. The largest absolute Gasteiger partial charge is 0.483 e. The van der Waals surface area contributed by atoms with Gasteiger partial charge in [0.2, 0.25) is 5.95 Å². The van der Waals surface area contributed by atoms with Gasteiger partial charge in [0.1, 0.15) is 0 Å². The summed E-state index contributed by atoms with van der Waals surface area (Å²) in [7, 11) is 0. The first-order valence-electron chi connectivity index (χ1n) is 8.81. The molecule has 3 atom stereocenters. The molecular formula is C17H26N4O4. The van der Waals surface area contributed by atoms with E-state index in [2.05, 4.69) is 19.8 Å². The number of aromatic nitrogens is 2. The van der Waals surface area contributed by atoms with Crippen LogP contribution in [0.25, 0.3) is 0 Å². The standard InChI is InChI=1S/C16H24N4O2.CH2O2/c21-15-5-13-10-19(11-14(13)6-15)9-12-7-17-16(18-8-12)20-1-3-22-4-2-20;2-1-3/h7-8,13-15,21H,1-6,9-11H2;1H,(H,2,3)/t13-,14+,15?;. The molecule has 3 heterocycles. The molecule has 2 N–H and O–H groups in total. The Morgan fingerprint density at radius 3 is 2.28 bits per heavy atom. The highest BCUT2D eigenvalue weighted by Gasteiger charge is 2.39. The number of carbonyl (C=O) groups is 1. The molecule has 0 amide bonds. The Kier molecular flexibility index (Phi) is 6.17. The Bertz CT molecular complexity index is 536. The fraction of sp³-hybridized carbons (Fsp3) is 0.706. The van der Waals surface area contributed by atoms with E-state index in [-0.39, 0.29) is 12.6 Å². The van der Waals surface area contributed by atoms with Gasteiger partial charge >= 0.3 is 0 Å². The van der Waals surface area contributed by atoms with Gasteiger partial charge in [-0.25, -0.2) is 9.97 Å². The minimum atomic E-state index is -0.250. The summed E-state index contributed by atoms with van der Waals surface area (Å²) in [5, 5.41) is 16.6. The van der Waals surface area contributed by atoms with Gasteiger partial charge in [0, 0.05) is 50.7 Å². The number of aliphatic hydroxyl groups is 1. The summed E-state index contributed by atoms with van der Waals surface area (Å²) < 4.78 is 5.36. The van der Waals surface area contributed by atoms with Crippen molar-refractivity contribution in [3.05, 3.63) is 18.0 Å². The lowest BCUT2D eigenvalue weighted by atomic mass is 10.0. The van der Waals surface area contributed by atoms with Crippen LogP contribution in [0.3, 0.4) is 0 Å². The summed E-state index contributed by atoms with van der Waals surface area (Å²) in [5.74, 6) is 2.18. The zero-order valence-corrected chi connectivity index (χ0v) is 14.3. The first-order chi connectivity index (χ1) is 12.2. The van der Waals surface area contributed by atoms with E-state index >= 15 is 0 Å². The second kappa shape index (κ2) is 8.55.